The number of nitrogens with zero attached hydrogens (tertiary/aromatic N) is 5. The summed E-state index contributed by atoms with van der Waals surface area (Å²) in [7, 11) is 2.15. The Hall–Kier alpha value is -3.05. The van der Waals surface area contributed by atoms with Crippen molar-refractivity contribution in [3.63, 3.8) is 0 Å². The highest BCUT2D eigenvalue weighted by atomic mass is 15.2. The van der Waals surface area contributed by atoms with E-state index in [1.165, 1.54) is 22.2 Å². The van der Waals surface area contributed by atoms with Crippen molar-refractivity contribution in [3.05, 3.63) is 78.0 Å². The third kappa shape index (κ3) is 3.00. The first-order chi connectivity index (χ1) is 13.3. The molecule has 0 fully saturated rings. The van der Waals surface area contributed by atoms with Gasteiger partial charge in [0.1, 0.15) is 0 Å². The van der Waals surface area contributed by atoms with Crippen molar-refractivity contribution in [2.45, 2.75) is 19.5 Å². The summed E-state index contributed by atoms with van der Waals surface area (Å²) in [4.78, 5) is 16.0. The summed E-state index contributed by atoms with van der Waals surface area (Å²) in [6.07, 6.45) is 6.57. The Morgan fingerprint density at radius 2 is 2.00 bits per heavy atom. The first-order valence-electron chi connectivity index (χ1n) is 9.29. The van der Waals surface area contributed by atoms with Crippen LogP contribution in [-0.4, -0.2) is 31.0 Å². The van der Waals surface area contributed by atoms with E-state index in [2.05, 4.69) is 56.8 Å². The SMILES string of the molecule is Cn1c(CN2CCc3cnc(-c4cccnc4)nc3C2)cc2ccccc21. The maximum absolute atomic E-state index is 4.84. The molecule has 134 valence electrons. The minimum atomic E-state index is 0.758. The Morgan fingerprint density at radius 3 is 2.85 bits per heavy atom. The van der Waals surface area contributed by atoms with Crippen LogP contribution in [0.5, 0.6) is 0 Å². The van der Waals surface area contributed by atoms with Gasteiger partial charge in [-0.2, -0.15) is 0 Å². The van der Waals surface area contributed by atoms with Gasteiger partial charge < -0.3 is 4.57 Å². The molecule has 1 aliphatic rings. The van der Waals surface area contributed by atoms with Gasteiger partial charge in [0, 0.05) is 62.0 Å². The van der Waals surface area contributed by atoms with E-state index in [0.717, 1.165) is 43.1 Å². The average Bonchev–Trinajstić information content (AvgIpc) is 3.04. The van der Waals surface area contributed by atoms with E-state index < -0.39 is 0 Å². The van der Waals surface area contributed by atoms with E-state index in [-0.39, 0.29) is 0 Å². The lowest BCUT2D eigenvalue weighted by Crippen LogP contribution is -2.31. The van der Waals surface area contributed by atoms with Crippen molar-refractivity contribution in [3.8, 4) is 11.4 Å². The second-order valence-corrected chi connectivity index (χ2v) is 7.12. The molecule has 5 nitrogen and oxygen atoms in total. The predicted octanol–water partition coefficient (Wildman–Crippen LogP) is 3.59. The Balaban J connectivity index is 1.41. The molecule has 0 bridgehead atoms. The third-order valence-corrected chi connectivity index (χ3v) is 5.38. The second kappa shape index (κ2) is 6.59. The van der Waals surface area contributed by atoms with Crippen LogP contribution in [-0.2, 0) is 26.6 Å². The van der Waals surface area contributed by atoms with E-state index >= 15 is 0 Å². The zero-order valence-corrected chi connectivity index (χ0v) is 15.3. The number of fused-ring (bicyclic) bond motifs is 2. The van der Waals surface area contributed by atoms with E-state index in [4.69, 9.17) is 4.98 Å². The third-order valence-electron chi connectivity index (χ3n) is 5.38. The maximum atomic E-state index is 4.84. The van der Waals surface area contributed by atoms with Crippen molar-refractivity contribution in [1.82, 2.24) is 24.4 Å². The molecular formula is C22H21N5. The Morgan fingerprint density at radius 1 is 1.07 bits per heavy atom. The van der Waals surface area contributed by atoms with Crippen LogP contribution in [0.15, 0.2) is 61.1 Å². The van der Waals surface area contributed by atoms with Crippen molar-refractivity contribution in [1.29, 1.82) is 0 Å². The molecule has 0 aliphatic carbocycles. The zero-order chi connectivity index (χ0) is 18.2. The van der Waals surface area contributed by atoms with Crippen molar-refractivity contribution in [2.24, 2.45) is 7.05 Å². The van der Waals surface area contributed by atoms with Gasteiger partial charge in [-0.15, -0.1) is 0 Å². The van der Waals surface area contributed by atoms with Crippen LogP contribution in [0.3, 0.4) is 0 Å². The van der Waals surface area contributed by atoms with Crippen molar-refractivity contribution >= 4 is 10.9 Å². The number of aryl methyl sites for hydroxylation is 1. The largest absolute Gasteiger partial charge is 0.346 e. The molecule has 4 heterocycles. The van der Waals surface area contributed by atoms with Gasteiger partial charge >= 0.3 is 0 Å². The van der Waals surface area contributed by atoms with Gasteiger partial charge in [-0.05, 0) is 41.6 Å². The summed E-state index contributed by atoms with van der Waals surface area (Å²) in [6, 6.07) is 14.8. The number of para-hydroxylation sites is 1. The molecule has 27 heavy (non-hydrogen) atoms. The molecule has 0 radical (unpaired) electrons. The Labute approximate surface area is 158 Å². The minimum absolute atomic E-state index is 0.758. The molecule has 3 aromatic heterocycles. The minimum Gasteiger partial charge on any atom is -0.346 e. The van der Waals surface area contributed by atoms with Crippen LogP contribution < -0.4 is 0 Å². The molecule has 0 amide bonds. The van der Waals surface area contributed by atoms with Gasteiger partial charge in [0.05, 0.1) is 5.69 Å². The molecule has 0 spiro atoms. The fourth-order valence-corrected chi connectivity index (χ4v) is 3.85. The highest BCUT2D eigenvalue weighted by Crippen LogP contribution is 2.24. The van der Waals surface area contributed by atoms with Crippen molar-refractivity contribution < 1.29 is 0 Å². The Kier molecular flexibility index (Phi) is 3.94. The molecule has 0 N–H and O–H groups in total. The maximum Gasteiger partial charge on any atom is 0.160 e. The van der Waals surface area contributed by atoms with Gasteiger partial charge in [-0.3, -0.25) is 9.88 Å². The van der Waals surface area contributed by atoms with Crippen LogP contribution in [0.1, 0.15) is 17.0 Å². The average molecular weight is 355 g/mol. The number of pyridine rings is 1. The number of aromatic nitrogens is 4. The lowest BCUT2D eigenvalue weighted by Gasteiger charge is -2.28. The summed E-state index contributed by atoms with van der Waals surface area (Å²) in [5.41, 5.74) is 5.98. The molecule has 5 rings (SSSR count). The van der Waals surface area contributed by atoms with Gasteiger partial charge in [0.2, 0.25) is 0 Å². The molecular weight excluding hydrogens is 334 g/mol. The molecule has 0 saturated heterocycles. The van der Waals surface area contributed by atoms with Crippen LogP contribution in [0.4, 0.5) is 0 Å². The van der Waals surface area contributed by atoms with Crippen molar-refractivity contribution in [2.75, 3.05) is 6.54 Å². The monoisotopic (exact) mass is 355 g/mol. The fraction of sp³-hybridized carbons (Fsp3) is 0.227. The van der Waals surface area contributed by atoms with Gasteiger partial charge in [0.25, 0.3) is 0 Å². The quantitative estimate of drug-likeness (QED) is 0.563. The predicted molar refractivity (Wildman–Crippen MR) is 106 cm³/mol. The number of rotatable bonds is 3. The summed E-state index contributed by atoms with van der Waals surface area (Å²) in [5, 5.41) is 1.30. The van der Waals surface area contributed by atoms with Crippen LogP contribution in [0, 0.1) is 0 Å². The summed E-state index contributed by atoms with van der Waals surface area (Å²) in [6.45, 7) is 2.81. The van der Waals surface area contributed by atoms with Crippen LogP contribution in [0.25, 0.3) is 22.3 Å². The highest BCUT2D eigenvalue weighted by Gasteiger charge is 2.20. The van der Waals surface area contributed by atoms with Crippen LogP contribution in [0.2, 0.25) is 0 Å². The molecule has 0 atom stereocenters. The van der Waals surface area contributed by atoms with E-state index in [1.807, 2.05) is 24.5 Å². The lowest BCUT2D eigenvalue weighted by molar-refractivity contribution is 0.236. The fourth-order valence-electron chi connectivity index (χ4n) is 3.85. The number of hydrogen-bond donors (Lipinski definition) is 0. The summed E-state index contributed by atoms with van der Waals surface area (Å²) >= 11 is 0. The summed E-state index contributed by atoms with van der Waals surface area (Å²) < 4.78 is 2.30. The standard InChI is InChI=1S/C22H21N5/c1-26-19(11-16-5-2-3-7-21(16)26)14-27-10-8-17-13-24-22(25-20(17)15-27)18-6-4-9-23-12-18/h2-7,9,11-13H,8,10,14-15H2,1H3. The molecule has 1 aromatic carbocycles. The first kappa shape index (κ1) is 16.1. The summed E-state index contributed by atoms with van der Waals surface area (Å²) in [5.74, 6) is 0.758. The lowest BCUT2D eigenvalue weighted by atomic mass is 10.1. The van der Waals surface area contributed by atoms with E-state index in [1.54, 1.807) is 6.20 Å². The molecule has 0 unspecified atom stereocenters. The van der Waals surface area contributed by atoms with E-state index in [9.17, 15) is 0 Å². The van der Waals surface area contributed by atoms with Gasteiger partial charge in [-0.1, -0.05) is 18.2 Å². The van der Waals surface area contributed by atoms with Gasteiger partial charge in [-0.25, -0.2) is 9.97 Å². The van der Waals surface area contributed by atoms with Crippen LogP contribution >= 0.6 is 0 Å². The van der Waals surface area contributed by atoms with Gasteiger partial charge in [0.15, 0.2) is 5.82 Å². The molecule has 0 saturated carbocycles. The molecule has 4 aromatic rings. The van der Waals surface area contributed by atoms with E-state index in [0.29, 0.717) is 0 Å². The molecule has 1 aliphatic heterocycles. The zero-order valence-electron chi connectivity index (χ0n) is 15.3. The second-order valence-electron chi connectivity index (χ2n) is 7.12. The Bertz CT molecular complexity index is 1100. The topological polar surface area (TPSA) is 46.8 Å². The normalized spacial score (nSPS) is 14.4. The smallest absolute Gasteiger partial charge is 0.160 e. The highest BCUT2D eigenvalue weighted by molar-refractivity contribution is 5.81. The first-order valence-corrected chi connectivity index (χ1v) is 9.29. The number of hydrogen-bond acceptors (Lipinski definition) is 4. The number of benzene rings is 1. The molecule has 5 heteroatoms.